The van der Waals surface area contributed by atoms with Crippen molar-refractivity contribution in [2.75, 3.05) is 26.1 Å². The average Bonchev–Trinajstić information content (AvgIpc) is 2.55. The van der Waals surface area contributed by atoms with Crippen LogP contribution < -0.4 is 19.5 Å². The van der Waals surface area contributed by atoms with E-state index >= 15 is 0 Å². The maximum Gasteiger partial charge on any atom is 0.227 e. The second kappa shape index (κ2) is 7.93. The topological polar surface area (TPSA) is 56.8 Å². The van der Waals surface area contributed by atoms with Gasteiger partial charge in [-0.2, -0.15) is 0 Å². The van der Waals surface area contributed by atoms with Gasteiger partial charge in [0.1, 0.15) is 5.75 Å². The fourth-order valence-electron chi connectivity index (χ4n) is 1.92. The van der Waals surface area contributed by atoms with Crippen LogP contribution in [-0.4, -0.2) is 26.7 Å². The van der Waals surface area contributed by atoms with E-state index in [2.05, 4.69) is 5.32 Å². The second-order valence-electron chi connectivity index (χ2n) is 4.53. The molecule has 0 unspecified atom stereocenters. The van der Waals surface area contributed by atoms with E-state index in [1.807, 2.05) is 30.3 Å². The van der Waals surface area contributed by atoms with E-state index in [1.54, 1.807) is 32.4 Å². The van der Waals surface area contributed by atoms with Crippen LogP contribution in [0.1, 0.15) is 6.42 Å². The van der Waals surface area contributed by atoms with E-state index in [4.69, 9.17) is 14.2 Å². The Morgan fingerprint density at radius 2 is 1.73 bits per heavy atom. The number of hydrogen-bond acceptors (Lipinski definition) is 4. The van der Waals surface area contributed by atoms with Crippen LogP contribution in [0.4, 0.5) is 5.69 Å². The van der Waals surface area contributed by atoms with Gasteiger partial charge >= 0.3 is 0 Å². The van der Waals surface area contributed by atoms with Gasteiger partial charge in [0.2, 0.25) is 5.91 Å². The van der Waals surface area contributed by atoms with E-state index in [0.717, 1.165) is 5.75 Å². The maximum atomic E-state index is 11.9. The smallest absolute Gasteiger partial charge is 0.227 e. The van der Waals surface area contributed by atoms with Gasteiger partial charge in [0.25, 0.3) is 0 Å². The zero-order valence-electron chi connectivity index (χ0n) is 12.7. The highest BCUT2D eigenvalue weighted by Gasteiger charge is 2.07. The molecule has 0 radical (unpaired) electrons. The molecular weight excluding hydrogens is 282 g/mol. The van der Waals surface area contributed by atoms with Gasteiger partial charge in [0.05, 0.1) is 27.2 Å². The van der Waals surface area contributed by atoms with Gasteiger partial charge in [-0.1, -0.05) is 18.2 Å². The Morgan fingerprint density at radius 1 is 1.00 bits per heavy atom. The summed E-state index contributed by atoms with van der Waals surface area (Å²) < 4.78 is 15.8. The monoisotopic (exact) mass is 301 g/mol. The van der Waals surface area contributed by atoms with Gasteiger partial charge in [-0.05, 0) is 24.3 Å². The van der Waals surface area contributed by atoms with Gasteiger partial charge in [-0.15, -0.1) is 0 Å². The summed E-state index contributed by atoms with van der Waals surface area (Å²) >= 11 is 0. The molecule has 0 bridgehead atoms. The molecule has 2 rings (SSSR count). The summed E-state index contributed by atoms with van der Waals surface area (Å²) in [4.78, 5) is 11.9. The average molecular weight is 301 g/mol. The molecule has 0 heterocycles. The fourth-order valence-corrected chi connectivity index (χ4v) is 1.92. The van der Waals surface area contributed by atoms with E-state index in [-0.39, 0.29) is 12.3 Å². The van der Waals surface area contributed by atoms with Crippen LogP contribution in [0.2, 0.25) is 0 Å². The lowest BCUT2D eigenvalue weighted by Gasteiger charge is -2.11. The molecule has 0 saturated carbocycles. The lowest BCUT2D eigenvalue weighted by molar-refractivity contribution is -0.116. The minimum atomic E-state index is -0.122. The number of methoxy groups -OCH3 is 2. The maximum absolute atomic E-state index is 11.9. The van der Waals surface area contributed by atoms with Crippen molar-refractivity contribution in [3.63, 3.8) is 0 Å². The predicted molar refractivity (Wildman–Crippen MR) is 84.7 cm³/mol. The minimum Gasteiger partial charge on any atom is -0.493 e. The van der Waals surface area contributed by atoms with Crippen molar-refractivity contribution >= 4 is 11.6 Å². The van der Waals surface area contributed by atoms with Crippen LogP contribution in [0.15, 0.2) is 48.5 Å². The molecule has 0 aliphatic heterocycles. The molecule has 2 aromatic rings. The Bertz CT molecular complexity index is 613. The number of ether oxygens (including phenoxy) is 3. The summed E-state index contributed by atoms with van der Waals surface area (Å²) in [6.45, 7) is 0.323. The summed E-state index contributed by atoms with van der Waals surface area (Å²) in [5, 5.41) is 2.80. The fraction of sp³-hybridized carbons (Fsp3) is 0.235. The van der Waals surface area contributed by atoms with Gasteiger partial charge in [-0.25, -0.2) is 0 Å². The van der Waals surface area contributed by atoms with Crippen LogP contribution in [0.3, 0.4) is 0 Å². The Morgan fingerprint density at radius 3 is 2.41 bits per heavy atom. The van der Waals surface area contributed by atoms with E-state index in [9.17, 15) is 4.79 Å². The predicted octanol–water partition coefficient (Wildman–Crippen LogP) is 3.11. The zero-order chi connectivity index (χ0) is 15.8. The Kier molecular flexibility index (Phi) is 5.65. The molecule has 1 amide bonds. The molecule has 0 aliphatic carbocycles. The van der Waals surface area contributed by atoms with Crippen molar-refractivity contribution in [3.8, 4) is 17.2 Å². The van der Waals surface area contributed by atoms with Crippen LogP contribution >= 0.6 is 0 Å². The Labute approximate surface area is 129 Å². The number of hydrogen-bond donors (Lipinski definition) is 1. The summed E-state index contributed by atoms with van der Waals surface area (Å²) in [5.41, 5.74) is 0.655. The number of carbonyl (C=O) groups is 1. The molecular formula is C17H19NO4. The quantitative estimate of drug-likeness (QED) is 0.853. The highest BCUT2D eigenvalue weighted by atomic mass is 16.5. The molecule has 22 heavy (non-hydrogen) atoms. The number of amides is 1. The van der Waals surface area contributed by atoms with E-state index in [1.165, 1.54) is 0 Å². The molecule has 0 aliphatic rings. The van der Waals surface area contributed by atoms with E-state index < -0.39 is 0 Å². The first-order valence-electron chi connectivity index (χ1n) is 6.92. The Balaban J connectivity index is 1.84. The first-order valence-corrected chi connectivity index (χ1v) is 6.92. The number of para-hydroxylation sites is 1. The van der Waals surface area contributed by atoms with Gasteiger partial charge in [0.15, 0.2) is 11.5 Å². The van der Waals surface area contributed by atoms with Crippen molar-refractivity contribution in [2.24, 2.45) is 0 Å². The lowest BCUT2D eigenvalue weighted by Crippen LogP contribution is -2.15. The minimum absolute atomic E-state index is 0.122. The number of anilines is 1. The highest BCUT2D eigenvalue weighted by molar-refractivity contribution is 5.91. The van der Waals surface area contributed by atoms with Gasteiger partial charge in [-0.3, -0.25) is 4.79 Å². The number of nitrogens with one attached hydrogen (secondary N) is 1. The highest BCUT2D eigenvalue weighted by Crippen LogP contribution is 2.29. The molecule has 5 nitrogen and oxygen atoms in total. The number of benzene rings is 2. The summed E-state index contributed by atoms with van der Waals surface area (Å²) in [6.07, 6.45) is 0.267. The molecule has 0 fully saturated rings. The normalized spacial score (nSPS) is 9.91. The first kappa shape index (κ1) is 15.7. The third-order valence-electron chi connectivity index (χ3n) is 3.01. The summed E-state index contributed by atoms with van der Waals surface area (Å²) in [7, 11) is 3.12. The number of rotatable bonds is 7. The lowest BCUT2D eigenvalue weighted by atomic mass is 10.2. The third kappa shape index (κ3) is 4.41. The molecule has 0 atom stereocenters. The SMILES string of the molecule is COc1ccc(NC(=O)CCOc2ccccc2)cc1OC. The van der Waals surface area contributed by atoms with Crippen LogP contribution in [0.25, 0.3) is 0 Å². The van der Waals surface area contributed by atoms with Gasteiger partial charge in [0, 0.05) is 11.8 Å². The van der Waals surface area contributed by atoms with Crippen LogP contribution in [0.5, 0.6) is 17.2 Å². The largest absolute Gasteiger partial charge is 0.493 e. The van der Waals surface area contributed by atoms with Crippen molar-refractivity contribution in [2.45, 2.75) is 6.42 Å². The molecule has 0 aromatic heterocycles. The molecule has 116 valence electrons. The zero-order valence-corrected chi connectivity index (χ0v) is 12.7. The standard InChI is InChI=1S/C17H19NO4/c1-20-15-9-8-13(12-16(15)21-2)18-17(19)10-11-22-14-6-4-3-5-7-14/h3-9,12H,10-11H2,1-2H3,(H,18,19). The molecule has 5 heteroatoms. The van der Waals surface area contributed by atoms with Crippen LogP contribution in [-0.2, 0) is 4.79 Å². The van der Waals surface area contributed by atoms with Crippen molar-refractivity contribution < 1.29 is 19.0 Å². The van der Waals surface area contributed by atoms with E-state index in [0.29, 0.717) is 23.8 Å². The summed E-state index contributed by atoms with van der Waals surface area (Å²) in [6, 6.07) is 14.6. The van der Waals surface area contributed by atoms with Crippen molar-refractivity contribution in [1.29, 1.82) is 0 Å². The third-order valence-corrected chi connectivity index (χ3v) is 3.01. The van der Waals surface area contributed by atoms with Crippen molar-refractivity contribution in [1.82, 2.24) is 0 Å². The van der Waals surface area contributed by atoms with Crippen LogP contribution in [0, 0.1) is 0 Å². The van der Waals surface area contributed by atoms with Crippen molar-refractivity contribution in [3.05, 3.63) is 48.5 Å². The molecule has 1 N–H and O–H groups in total. The summed E-state index contributed by atoms with van der Waals surface area (Å²) in [5.74, 6) is 1.82. The molecule has 2 aromatic carbocycles. The molecule has 0 saturated heterocycles. The van der Waals surface area contributed by atoms with Gasteiger partial charge < -0.3 is 19.5 Å². The number of carbonyl (C=O) groups excluding carboxylic acids is 1. The molecule has 0 spiro atoms. The Hall–Kier alpha value is -2.69. The second-order valence-corrected chi connectivity index (χ2v) is 4.53. The first-order chi connectivity index (χ1) is 10.7.